The van der Waals surface area contributed by atoms with Crippen molar-refractivity contribution in [2.75, 3.05) is 26.2 Å². The van der Waals surface area contributed by atoms with Crippen LogP contribution in [0.5, 0.6) is 0 Å². The Morgan fingerprint density at radius 1 is 1.19 bits per heavy atom. The largest absolute Gasteiger partial charge is 0.360 e. The molecule has 0 aromatic heterocycles. The summed E-state index contributed by atoms with van der Waals surface area (Å²) in [6.45, 7) is 5.05. The van der Waals surface area contributed by atoms with Crippen LogP contribution in [0, 0.1) is 5.92 Å². The Bertz CT molecular complexity index is 737. The molecule has 1 aliphatic rings. The number of amides is 2. The van der Waals surface area contributed by atoms with Crippen molar-refractivity contribution in [1.29, 1.82) is 0 Å². The second-order valence-electron chi connectivity index (χ2n) is 6.76. The fourth-order valence-corrected chi connectivity index (χ4v) is 4.23. The summed E-state index contributed by atoms with van der Waals surface area (Å²) in [5.74, 6) is -1.12. The van der Waals surface area contributed by atoms with E-state index in [0.29, 0.717) is 32.0 Å². The lowest BCUT2D eigenvalue weighted by molar-refractivity contribution is -0.140. The quantitative estimate of drug-likeness (QED) is 0.659. The molecule has 2 rings (SSSR count). The number of ether oxygens (including phenoxy) is 1. The maximum Gasteiger partial charge on any atom is 0.309 e. The Morgan fingerprint density at radius 2 is 1.85 bits per heavy atom. The second kappa shape index (κ2) is 9.82. The van der Waals surface area contributed by atoms with Crippen molar-refractivity contribution in [3.8, 4) is 0 Å². The number of nitrogens with zero attached hydrogens (tertiary/aromatic N) is 1. The number of hydrogen-bond donors (Lipinski definition) is 2. The minimum absolute atomic E-state index is 0.0947. The van der Waals surface area contributed by atoms with E-state index in [0.717, 1.165) is 6.42 Å². The summed E-state index contributed by atoms with van der Waals surface area (Å²) >= 11 is 0. The summed E-state index contributed by atoms with van der Waals surface area (Å²) in [5.41, 5.74) is 0. The van der Waals surface area contributed by atoms with E-state index in [1.165, 1.54) is 16.4 Å². The number of sulfonamides is 1. The number of benzene rings is 1. The molecular formula is C18H27N3O5S. The molecule has 1 fully saturated rings. The molecule has 1 aromatic rings. The van der Waals surface area contributed by atoms with Gasteiger partial charge in [0.05, 0.1) is 18.0 Å². The number of hydrogen-bond acceptors (Lipinski definition) is 5. The van der Waals surface area contributed by atoms with Crippen molar-refractivity contribution in [2.24, 2.45) is 5.92 Å². The summed E-state index contributed by atoms with van der Waals surface area (Å²) in [6.07, 6.45) is 0.483. The summed E-state index contributed by atoms with van der Waals surface area (Å²) in [4.78, 5) is 23.9. The average molecular weight is 397 g/mol. The third-order valence-corrected chi connectivity index (χ3v) is 6.06. The zero-order valence-corrected chi connectivity index (χ0v) is 16.5. The molecule has 1 aromatic carbocycles. The molecule has 1 saturated heterocycles. The summed E-state index contributed by atoms with van der Waals surface area (Å²) in [7, 11) is -3.75. The molecule has 0 spiro atoms. The van der Waals surface area contributed by atoms with Gasteiger partial charge in [-0.3, -0.25) is 9.59 Å². The van der Waals surface area contributed by atoms with Crippen molar-refractivity contribution in [3.05, 3.63) is 30.3 Å². The fourth-order valence-electron chi connectivity index (χ4n) is 2.65. The molecule has 8 nitrogen and oxygen atoms in total. The van der Waals surface area contributed by atoms with Crippen LogP contribution in [-0.4, -0.2) is 57.0 Å². The van der Waals surface area contributed by atoms with Crippen LogP contribution in [0.15, 0.2) is 35.2 Å². The van der Waals surface area contributed by atoms with Crippen LogP contribution in [0.4, 0.5) is 0 Å². The van der Waals surface area contributed by atoms with E-state index < -0.39 is 28.1 Å². The van der Waals surface area contributed by atoms with E-state index in [4.69, 9.17) is 4.74 Å². The van der Waals surface area contributed by atoms with Gasteiger partial charge in [0.15, 0.2) is 0 Å². The van der Waals surface area contributed by atoms with Crippen molar-refractivity contribution < 1.29 is 22.7 Å². The number of rotatable bonds is 7. The smallest absolute Gasteiger partial charge is 0.309 e. The van der Waals surface area contributed by atoms with E-state index in [9.17, 15) is 18.0 Å². The molecule has 1 aliphatic heterocycles. The topological polar surface area (TPSA) is 105 Å². The van der Waals surface area contributed by atoms with Gasteiger partial charge in [-0.2, -0.15) is 4.31 Å². The first-order valence-electron chi connectivity index (χ1n) is 9.07. The van der Waals surface area contributed by atoms with Gasteiger partial charge in [-0.25, -0.2) is 8.42 Å². The molecule has 0 radical (unpaired) electrons. The lowest BCUT2D eigenvalue weighted by Gasteiger charge is -2.34. The minimum atomic E-state index is -3.75. The standard InChI is InChI=1S/C18H27N3O5S/c1-14(2)9-10-19-17(22)18(23)20-13-16-21(11-6-12-26-16)27(24,25)15-7-4-3-5-8-15/h3-5,7-8,14,16H,6,9-13H2,1-2H3,(H,19,22)(H,20,23). The first-order chi connectivity index (χ1) is 12.8. The van der Waals surface area contributed by atoms with Crippen molar-refractivity contribution in [3.63, 3.8) is 0 Å². The van der Waals surface area contributed by atoms with Gasteiger partial charge in [-0.15, -0.1) is 0 Å². The Morgan fingerprint density at radius 3 is 2.52 bits per heavy atom. The first-order valence-corrected chi connectivity index (χ1v) is 10.5. The zero-order valence-electron chi connectivity index (χ0n) is 15.7. The third-order valence-electron chi connectivity index (χ3n) is 4.15. The fraction of sp³-hybridized carbons (Fsp3) is 0.556. The molecule has 9 heteroatoms. The van der Waals surface area contributed by atoms with E-state index in [2.05, 4.69) is 10.6 Å². The average Bonchev–Trinajstić information content (AvgIpc) is 2.66. The predicted molar refractivity (Wildman–Crippen MR) is 100 cm³/mol. The van der Waals surface area contributed by atoms with Crippen LogP contribution in [0.2, 0.25) is 0 Å². The highest BCUT2D eigenvalue weighted by atomic mass is 32.2. The molecule has 150 valence electrons. The molecular weight excluding hydrogens is 370 g/mol. The van der Waals surface area contributed by atoms with E-state index >= 15 is 0 Å². The molecule has 0 bridgehead atoms. The highest BCUT2D eigenvalue weighted by Crippen LogP contribution is 2.21. The van der Waals surface area contributed by atoms with Gasteiger partial charge in [0.1, 0.15) is 6.23 Å². The highest BCUT2D eigenvalue weighted by molar-refractivity contribution is 7.89. The number of nitrogens with one attached hydrogen (secondary N) is 2. The number of carbonyl (C=O) groups excluding carboxylic acids is 2. The zero-order chi connectivity index (χ0) is 19.9. The Balaban J connectivity index is 1.96. The maximum atomic E-state index is 12.8. The van der Waals surface area contributed by atoms with Gasteiger partial charge in [0, 0.05) is 13.1 Å². The van der Waals surface area contributed by atoms with Crippen LogP contribution in [0.1, 0.15) is 26.7 Å². The lowest BCUT2D eigenvalue weighted by atomic mass is 10.1. The molecule has 0 saturated carbocycles. The Hall–Kier alpha value is -1.97. The van der Waals surface area contributed by atoms with Gasteiger partial charge in [0.25, 0.3) is 0 Å². The summed E-state index contributed by atoms with van der Waals surface area (Å²) in [6, 6.07) is 8.07. The van der Waals surface area contributed by atoms with E-state index in [-0.39, 0.29) is 11.4 Å². The van der Waals surface area contributed by atoms with Gasteiger partial charge >= 0.3 is 11.8 Å². The van der Waals surface area contributed by atoms with E-state index in [1.807, 2.05) is 13.8 Å². The van der Waals surface area contributed by atoms with Gasteiger partial charge in [-0.1, -0.05) is 32.0 Å². The molecule has 0 aliphatic carbocycles. The van der Waals surface area contributed by atoms with E-state index in [1.54, 1.807) is 18.2 Å². The van der Waals surface area contributed by atoms with Crippen LogP contribution < -0.4 is 10.6 Å². The van der Waals surface area contributed by atoms with Crippen molar-refractivity contribution in [2.45, 2.75) is 37.8 Å². The molecule has 27 heavy (non-hydrogen) atoms. The van der Waals surface area contributed by atoms with Gasteiger partial charge in [-0.05, 0) is 30.9 Å². The van der Waals surface area contributed by atoms with Crippen molar-refractivity contribution in [1.82, 2.24) is 14.9 Å². The first kappa shape index (κ1) is 21.3. The molecule has 1 unspecified atom stereocenters. The Labute approximate surface area is 160 Å². The predicted octanol–water partition coefficient (Wildman–Crippen LogP) is 0.702. The van der Waals surface area contributed by atoms with Crippen LogP contribution in [-0.2, 0) is 24.3 Å². The molecule has 1 heterocycles. The Kier molecular flexibility index (Phi) is 7.76. The second-order valence-corrected chi connectivity index (χ2v) is 8.65. The lowest BCUT2D eigenvalue weighted by Crippen LogP contribution is -2.53. The van der Waals surface area contributed by atoms with Crippen LogP contribution in [0.25, 0.3) is 0 Å². The SMILES string of the molecule is CC(C)CCNC(=O)C(=O)NCC1OCCCN1S(=O)(=O)c1ccccc1. The summed E-state index contributed by atoms with van der Waals surface area (Å²) < 4.78 is 32.4. The summed E-state index contributed by atoms with van der Waals surface area (Å²) in [5, 5.41) is 5.01. The van der Waals surface area contributed by atoms with Gasteiger partial charge < -0.3 is 15.4 Å². The molecule has 1 atom stereocenters. The van der Waals surface area contributed by atoms with Crippen molar-refractivity contribution >= 4 is 21.8 Å². The monoisotopic (exact) mass is 397 g/mol. The normalized spacial score (nSPS) is 18.3. The van der Waals surface area contributed by atoms with Crippen LogP contribution in [0.3, 0.4) is 0 Å². The molecule has 2 N–H and O–H groups in total. The molecule has 2 amide bonds. The third kappa shape index (κ3) is 6.02. The highest BCUT2D eigenvalue weighted by Gasteiger charge is 2.34. The number of carbonyl (C=O) groups is 2. The van der Waals surface area contributed by atoms with Crippen LogP contribution >= 0.6 is 0 Å². The van der Waals surface area contributed by atoms with Gasteiger partial charge in [0.2, 0.25) is 10.0 Å². The maximum absolute atomic E-state index is 12.8. The minimum Gasteiger partial charge on any atom is -0.360 e.